The van der Waals surface area contributed by atoms with Gasteiger partial charge in [0.15, 0.2) is 5.82 Å². The zero-order valence-electron chi connectivity index (χ0n) is 13.4. The number of rotatable bonds is 4. The number of primary amides is 1. The Bertz CT molecular complexity index is 484. The molecule has 1 aromatic rings. The fourth-order valence-corrected chi connectivity index (χ4v) is 2.69. The smallest absolute Gasteiger partial charge is 0.243 e. The van der Waals surface area contributed by atoms with Gasteiger partial charge in [-0.15, -0.1) is 0 Å². The summed E-state index contributed by atoms with van der Waals surface area (Å²) < 4.78 is 5.42. The second-order valence-corrected chi connectivity index (χ2v) is 7.03. The maximum Gasteiger partial charge on any atom is 0.243 e. The topological polar surface area (TPSA) is 85.2 Å². The van der Waals surface area contributed by atoms with E-state index in [0.29, 0.717) is 18.2 Å². The Labute approximate surface area is 126 Å². The summed E-state index contributed by atoms with van der Waals surface area (Å²) in [5, 5.41) is 4.08. The van der Waals surface area contributed by atoms with Crippen molar-refractivity contribution >= 4 is 5.91 Å². The second-order valence-electron chi connectivity index (χ2n) is 7.03. The lowest BCUT2D eigenvalue weighted by atomic mass is 9.92. The van der Waals surface area contributed by atoms with Gasteiger partial charge in [0.25, 0.3) is 0 Å². The monoisotopic (exact) mass is 294 g/mol. The molecule has 1 aliphatic heterocycles. The number of piperidine rings is 1. The first-order valence-electron chi connectivity index (χ1n) is 7.64. The van der Waals surface area contributed by atoms with Crippen LogP contribution in [0.4, 0.5) is 0 Å². The zero-order valence-corrected chi connectivity index (χ0v) is 13.4. The minimum absolute atomic E-state index is 0.101. The minimum atomic E-state index is -0.201. The SMILES string of the molecule is C[C@@H](c1nc(C(C)(C)C)no1)N1CCC(CC(N)=O)CC1. The van der Waals surface area contributed by atoms with Crippen LogP contribution < -0.4 is 5.73 Å². The fraction of sp³-hybridized carbons (Fsp3) is 0.800. The van der Waals surface area contributed by atoms with Gasteiger partial charge in [-0.2, -0.15) is 4.98 Å². The lowest BCUT2D eigenvalue weighted by Crippen LogP contribution is -2.37. The summed E-state index contributed by atoms with van der Waals surface area (Å²) in [5.74, 6) is 1.63. The maximum absolute atomic E-state index is 11.0. The number of carbonyl (C=O) groups excluding carboxylic acids is 1. The van der Waals surface area contributed by atoms with Crippen molar-refractivity contribution in [1.82, 2.24) is 15.0 Å². The van der Waals surface area contributed by atoms with Crippen molar-refractivity contribution in [3.05, 3.63) is 11.7 Å². The van der Waals surface area contributed by atoms with Crippen LogP contribution in [0, 0.1) is 5.92 Å². The number of hydrogen-bond donors (Lipinski definition) is 1. The van der Waals surface area contributed by atoms with Gasteiger partial charge >= 0.3 is 0 Å². The van der Waals surface area contributed by atoms with Crippen molar-refractivity contribution in [2.45, 2.75) is 58.4 Å². The van der Waals surface area contributed by atoms with Crippen LogP contribution in [0.1, 0.15) is 64.7 Å². The highest BCUT2D eigenvalue weighted by Gasteiger charge is 2.29. The number of aromatic nitrogens is 2. The van der Waals surface area contributed by atoms with Crippen LogP contribution in [-0.4, -0.2) is 34.0 Å². The molecule has 1 aromatic heterocycles. The number of amides is 1. The molecule has 0 spiro atoms. The molecule has 6 nitrogen and oxygen atoms in total. The van der Waals surface area contributed by atoms with Crippen molar-refractivity contribution < 1.29 is 9.32 Å². The van der Waals surface area contributed by atoms with E-state index in [4.69, 9.17) is 10.3 Å². The quantitative estimate of drug-likeness (QED) is 0.918. The molecule has 2 N–H and O–H groups in total. The third-order valence-electron chi connectivity index (χ3n) is 4.16. The average molecular weight is 294 g/mol. The van der Waals surface area contributed by atoms with Gasteiger partial charge in [0, 0.05) is 11.8 Å². The number of nitrogens with zero attached hydrogens (tertiary/aromatic N) is 3. The fourth-order valence-electron chi connectivity index (χ4n) is 2.69. The van der Waals surface area contributed by atoms with Crippen molar-refractivity contribution in [2.75, 3.05) is 13.1 Å². The summed E-state index contributed by atoms with van der Waals surface area (Å²) in [4.78, 5) is 17.8. The van der Waals surface area contributed by atoms with Gasteiger partial charge in [-0.05, 0) is 38.8 Å². The highest BCUT2D eigenvalue weighted by atomic mass is 16.5. The Morgan fingerprint density at radius 3 is 2.52 bits per heavy atom. The summed E-state index contributed by atoms with van der Waals surface area (Å²) >= 11 is 0. The minimum Gasteiger partial charge on any atom is -0.370 e. The molecule has 0 unspecified atom stereocenters. The van der Waals surface area contributed by atoms with Crippen molar-refractivity contribution in [1.29, 1.82) is 0 Å². The van der Waals surface area contributed by atoms with E-state index in [-0.39, 0.29) is 17.4 Å². The Morgan fingerprint density at radius 1 is 1.43 bits per heavy atom. The Balaban J connectivity index is 1.94. The van der Waals surface area contributed by atoms with Gasteiger partial charge in [0.2, 0.25) is 11.8 Å². The third kappa shape index (κ3) is 4.03. The van der Waals surface area contributed by atoms with Crippen molar-refractivity contribution in [3.63, 3.8) is 0 Å². The van der Waals surface area contributed by atoms with Gasteiger partial charge in [-0.3, -0.25) is 9.69 Å². The van der Waals surface area contributed by atoms with Crippen LogP contribution >= 0.6 is 0 Å². The largest absolute Gasteiger partial charge is 0.370 e. The van der Waals surface area contributed by atoms with E-state index in [2.05, 4.69) is 42.7 Å². The number of likely N-dealkylation sites (tertiary alicyclic amines) is 1. The molecule has 1 fully saturated rings. The first kappa shape index (κ1) is 15.9. The van der Waals surface area contributed by atoms with E-state index in [1.807, 2.05) is 0 Å². The molecule has 2 rings (SSSR count). The van der Waals surface area contributed by atoms with E-state index in [1.54, 1.807) is 0 Å². The Kier molecular flexibility index (Phi) is 4.66. The van der Waals surface area contributed by atoms with E-state index < -0.39 is 0 Å². The van der Waals surface area contributed by atoms with E-state index in [9.17, 15) is 4.79 Å². The molecule has 0 saturated carbocycles. The molecule has 0 radical (unpaired) electrons. The van der Waals surface area contributed by atoms with Crippen molar-refractivity contribution in [2.24, 2.45) is 11.7 Å². The molecule has 1 atom stereocenters. The third-order valence-corrected chi connectivity index (χ3v) is 4.16. The molecule has 1 aliphatic rings. The van der Waals surface area contributed by atoms with Crippen LogP contribution in [0.3, 0.4) is 0 Å². The van der Waals surface area contributed by atoms with Crippen molar-refractivity contribution in [3.8, 4) is 0 Å². The molecule has 21 heavy (non-hydrogen) atoms. The molecule has 2 heterocycles. The summed E-state index contributed by atoms with van der Waals surface area (Å²) in [6, 6.07) is 0.114. The van der Waals surface area contributed by atoms with Gasteiger partial charge < -0.3 is 10.3 Å². The van der Waals surface area contributed by atoms with Gasteiger partial charge in [-0.1, -0.05) is 25.9 Å². The summed E-state index contributed by atoms with van der Waals surface area (Å²) in [7, 11) is 0. The molecule has 1 amide bonds. The number of hydrogen-bond acceptors (Lipinski definition) is 5. The first-order valence-corrected chi connectivity index (χ1v) is 7.64. The predicted octanol–water partition coefficient (Wildman–Crippen LogP) is 2.02. The summed E-state index contributed by atoms with van der Waals surface area (Å²) in [6.07, 6.45) is 2.48. The molecular formula is C15H26N4O2. The van der Waals surface area contributed by atoms with E-state index in [0.717, 1.165) is 31.8 Å². The maximum atomic E-state index is 11.0. The van der Waals surface area contributed by atoms with Crippen LogP contribution in [0.25, 0.3) is 0 Å². The van der Waals surface area contributed by atoms with Crippen LogP contribution in [-0.2, 0) is 10.2 Å². The lowest BCUT2D eigenvalue weighted by molar-refractivity contribution is -0.119. The number of carbonyl (C=O) groups is 1. The number of nitrogens with two attached hydrogens (primary N) is 1. The normalized spacial score (nSPS) is 19.6. The molecule has 1 saturated heterocycles. The molecule has 0 bridgehead atoms. The molecule has 6 heteroatoms. The van der Waals surface area contributed by atoms with Crippen LogP contribution in [0.5, 0.6) is 0 Å². The molecule has 118 valence electrons. The van der Waals surface area contributed by atoms with Crippen LogP contribution in [0.15, 0.2) is 4.52 Å². The summed E-state index contributed by atoms with van der Waals surface area (Å²) in [6.45, 7) is 10.2. The van der Waals surface area contributed by atoms with E-state index >= 15 is 0 Å². The standard InChI is InChI=1S/C15H26N4O2/c1-10(13-17-14(18-21-13)15(2,3)4)19-7-5-11(6-8-19)9-12(16)20/h10-11H,5-9H2,1-4H3,(H2,16,20)/t10-/m0/s1. The lowest BCUT2D eigenvalue weighted by Gasteiger charge is -2.34. The highest BCUT2D eigenvalue weighted by Crippen LogP contribution is 2.28. The van der Waals surface area contributed by atoms with Gasteiger partial charge in [0.1, 0.15) is 0 Å². The highest BCUT2D eigenvalue weighted by molar-refractivity contribution is 5.73. The molecule has 0 aliphatic carbocycles. The summed E-state index contributed by atoms with van der Waals surface area (Å²) in [5.41, 5.74) is 5.17. The average Bonchev–Trinajstić information content (AvgIpc) is 2.87. The zero-order chi connectivity index (χ0) is 15.6. The van der Waals surface area contributed by atoms with Gasteiger partial charge in [0.05, 0.1) is 6.04 Å². The van der Waals surface area contributed by atoms with E-state index in [1.165, 1.54) is 0 Å². The molecule has 0 aromatic carbocycles. The predicted molar refractivity (Wildman–Crippen MR) is 79.5 cm³/mol. The van der Waals surface area contributed by atoms with Gasteiger partial charge in [-0.25, -0.2) is 0 Å². The van der Waals surface area contributed by atoms with Crippen LogP contribution in [0.2, 0.25) is 0 Å². The Hall–Kier alpha value is -1.43. The second kappa shape index (κ2) is 6.13. The Morgan fingerprint density at radius 2 is 2.05 bits per heavy atom. The molecular weight excluding hydrogens is 268 g/mol. The first-order chi connectivity index (χ1) is 9.77.